The molecule has 0 aliphatic heterocycles. The number of hydrogen-bond acceptors (Lipinski definition) is 4. The number of carbonyl (C=O) groups is 2. The summed E-state index contributed by atoms with van der Waals surface area (Å²) < 4.78 is 12.7. The molecular formula is C15H23ClFN3O2S. The van der Waals surface area contributed by atoms with Crippen LogP contribution in [-0.4, -0.2) is 35.4 Å². The standard InChI is InChI=1S/C15H22FN3O2S.ClH/c1-10(17)7-8-18-15(21)11(2)22-9-14(20)19-13-5-3-12(16)4-6-13;/h3-6,10-11H,7-9,17H2,1-2H3,(H,18,21)(H,19,20);1H. The second kappa shape index (κ2) is 11.3. The summed E-state index contributed by atoms with van der Waals surface area (Å²) in [4.78, 5) is 23.5. The van der Waals surface area contributed by atoms with Gasteiger partial charge in [0.25, 0.3) is 0 Å². The molecule has 1 aromatic carbocycles. The zero-order valence-electron chi connectivity index (χ0n) is 13.2. The van der Waals surface area contributed by atoms with E-state index in [0.717, 1.165) is 0 Å². The van der Waals surface area contributed by atoms with Crippen molar-refractivity contribution in [3.8, 4) is 0 Å². The lowest BCUT2D eigenvalue weighted by Crippen LogP contribution is -2.34. The number of hydrogen-bond donors (Lipinski definition) is 3. The Morgan fingerprint density at radius 3 is 2.43 bits per heavy atom. The van der Waals surface area contributed by atoms with Gasteiger partial charge in [-0.15, -0.1) is 24.2 Å². The molecule has 4 N–H and O–H groups in total. The van der Waals surface area contributed by atoms with E-state index in [1.807, 2.05) is 6.92 Å². The van der Waals surface area contributed by atoms with E-state index in [0.29, 0.717) is 18.7 Å². The molecule has 0 aromatic heterocycles. The van der Waals surface area contributed by atoms with Gasteiger partial charge in [0.1, 0.15) is 5.82 Å². The van der Waals surface area contributed by atoms with Crippen molar-refractivity contribution in [2.45, 2.75) is 31.6 Å². The lowest BCUT2D eigenvalue weighted by molar-refractivity contribution is -0.120. The number of thioether (sulfide) groups is 1. The molecule has 2 amide bonds. The van der Waals surface area contributed by atoms with Gasteiger partial charge in [-0.1, -0.05) is 0 Å². The molecule has 2 atom stereocenters. The number of rotatable bonds is 8. The highest BCUT2D eigenvalue weighted by Gasteiger charge is 2.15. The van der Waals surface area contributed by atoms with Crippen molar-refractivity contribution in [1.82, 2.24) is 5.32 Å². The number of amides is 2. The Labute approximate surface area is 146 Å². The average Bonchev–Trinajstić information content (AvgIpc) is 2.46. The minimum atomic E-state index is -0.357. The van der Waals surface area contributed by atoms with E-state index in [4.69, 9.17) is 5.73 Å². The quantitative estimate of drug-likeness (QED) is 0.660. The maximum atomic E-state index is 12.7. The van der Waals surface area contributed by atoms with Crippen molar-refractivity contribution >= 4 is 41.7 Å². The zero-order valence-corrected chi connectivity index (χ0v) is 14.8. The van der Waals surface area contributed by atoms with Gasteiger partial charge in [-0.25, -0.2) is 4.39 Å². The number of nitrogens with one attached hydrogen (secondary N) is 2. The highest BCUT2D eigenvalue weighted by Crippen LogP contribution is 2.13. The Balaban J connectivity index is 0.00000484. The first kappa shape index (κ1) is 21.7. The van der Waals surface area contributed by atoms with Crippen molar-refractivity contribution in [2.75, 3.05) is 17.6 Å². The molecule has 2 unspecified atom stereocenters. The molecule has 130 valence electrons. The Hall–Kier alpha value is -1.31. The van der Waals surface area contributed by atoms with Crippen molar-refractivity contribution in [1.29, 1.82) is 0 Å². The van der Waals surface area contributed by atoms with Gasteiger partial charge in [0.2, 0.25) is 11.8 Å². The van der Waals surface area contributed by atoms with Crippen LogP contribution in [0.3, 0.4) is 0 Å². The SMILES string of the molecule is CC(N)CCNC(=O)C(C)SCC(=O)Nc1ccc(F)cc1.Cl. The lowest BCUT2D eigenvalue weighted by Gasteiger charge is -2.13. The van der Waals surface area contributed by atoms with E-state index >= 15 is 0 Å². The highest BCUT2D eigenvalue weighted by molar-refractivity contribution is 8.01. The van der Waals surface area contributed by atoms with Crippen molar-refractivity contribution in [3.63, 3.8) is 0 Å². The smallest absolute Gasteiger partial charge is 0.234 e. The van der Waals surface area contributed by atoms with Crippen LogP contribution in [-0.2, 0) is 9.59 Å². The maximum Gasteiger partial charge on any atom is 0.234 e. The normalized spacial score (nSPS) is 12.7. The lowest BCUT2D eigenvalue weighted by atomic mass is 10.2. The van der Waals surface area contributed by atoms with Gasteiger partial charge in [0.05, 0.1) is 11.0 Å². The Kier molecular flexibility index (Phi) is 10.6. The molecule has 23 heavy (non-hydrogen) atoms. The number of anilines is 1. The molecule has 8 heteroatoms. The highest BCUT2D eigenvalue weighted by atomic mass is 35.5. The molecule has 0 aliphatic carbocycles. The molecule has 0 heterocycles. The number of nitrogens with two attached hydrogens (primary N) is 1. The zero-order chi connectivity index (χ0) is 16.5. The van der Waals surface area contributed by atoms with Crippen LogP contribution in [0.4, 0.5) is 10.1 Å². The molecule has 0 aliphatic rings. The van der Waals surface area contributed by atoms with Crippen molar-refractivity contribution < 1.29 is 14.0 Å². The summed E-state index contributed by atoms with van der Waals surface area (Å²) in [5.41, 5.74) is 6.13. The topological polar surface area (TPSA) is 84.2 Å². The third-order valence-electron chi connectivity index (χ3n) is 2.86. The van der Waals surface area contributed by atoms with Crippen LogP contribution >= 0.6 is 24.2 Å². The first-order valence-corrected chi connectivity index (χ1v) is 8.13. The third kappa shape index (κ3) is 9.43. The Morgan fingerprint density at radius 1 is 1.26 bits per heavy atom. The first-order chi connectivity index (χ1) is 10.4. The van der Waals surface area contributed by atoms with Crippen molar-refractivity contribution in [3.05, 3.63) is 30.1 Å². The van der Waals surface area contributed by atoms with Crippen LogP contribution in [0, 0.1) is 5.82 Å². The Morgan fingerprint density at radius 2 is 1.87 bits per heavy atom. The van der Waals surface area contributed by atoms with Gasteiger partial charge >= 0.3 is 0 Å². The molecular weight excluding hydrogens is 341 g/mol. The van der Waals surface area contributed by atoms with Gasteiger partial charge in [-0.3, -0.25) is 9.59 Å². The van der Waals surface area contributed by atoms with Gasteiger partial charge in [-0.05, 0) is 44.5 Å². The van der Waals surface area contributed by atoms with E-state index in [-0.39, 0.29) is 47.1 Å². The van der Waals surface area contributed by atoms with E-state index in [1.54, 1.807) is 6.92 Å². The summed E-state index contributed by atoms with van der Waals surface area (Å²) in [7, 11) is 0. The second-order valence-corrected chi connectivity index (χ2v) is 6.39. The molecule has 0 spiro atoms. The molecule has 0 radical (unpaired) electrons. The van der Waals surface area contributed by atoms with Crippen LogP contribution in [0.1, 0.15) is 20.3 Å². The molecule has 1 aromatic rings. The minimum Gasteiger partial charge on any atom is -0.355 e. The fraction of sp³-hybridized carbons (Fsp3) is 0.467. The molecule has 1 rings (SSSR count). The van der Waals surface area contributed by atoms with Crippen molar-refractivity contribution in [2.24, 2.45) is 5.73 Å². The third-order valence-corrected chi connectivity index (χ3v) is 4.00. The average molecular weight is 364 g/mol. The van der Waals surface area contributed by atoms with Crippen LogP contribution in [0.15, 0.2) is 24.3 Å². The summed E-state index contributed by atoms with van der Waals surface area (Å²) in [6.07, 6.45) is 0.716. The fourth-order valence-electron chi connectivity index (χ4n) is 1.57. The minimum absolute atomic E-state index is 0. The monoisotopic (exact) mass is 363 g/mol. The summed E-state index contributed by atoms with van der Waals surface area (Å²) in [6, 6.07) is 5.57. The van der Waals surface area contributed by atoms with E-state index in [2.05, 4.69) is 10.6 Å². The summed E-state index contributed by atoms with van der Waals surface area (Å²) in [5, 5.41) is 5.10. The number of carbonyl (C=O) groups excluding carboxylic acids is 2. The molecule has 0 bridgehead atoms. The predicted molar refractivity (Wildman–Crippen MR) is 95.5 cm³/mol. The van der Waals surface area contributed by atoms with Gasteiger partial charge in [0.15, 0.2) is 0 Å². The molecule has 5 nitrogen and oxygen atoms in total. The number of benzene rings is 1. The van der Waals surface area contributed by atoms with Gasteiger partial charge < -0.3 is 16.4 Å². The summed E-state index contributed by atoms with van der Waals surface area (Å²) in [5.74, 6) is -0.546. The summed E-state index contributed by atoms with van der Waals surface area (Å²) >= 11 is 1.24. The number of halogens is 2. The van der Waals surface area contributed by atoms with E-state index in [1.165, 1.54) is 36.0 Å². The van der Waals surface area contributed by atoms with E-state index in [9.17, 15) is 14.0 Å². The predicted octanol–water partition coefficient (Wildman–Crippen LogP) is 2.16. The van der Waals surface area contributed by atoms with Crippen LogP contribution in [0.5, 0.6) is 0 Å². The van der Waals surface area contributed by atoms with Crippen LogP contribution in [0.2, 0.25) is 0 Å². The van der Waals surface area contributed by atoms with Gasteiger partial charge in [-0.2, -0.15) is 0 Å². The summed E-state index contributed by atoms with van der Waals surface area (Å²) in [6.45, 7) is 4.16. The first-order valence-electron chi connectivity index (χ1n) is 7.09. The molecule has 0 saturated carbocycles. The van der Waals surface area contributed by atoms with Crippen LogP contribution in [0.25, 0.3) is 0 Å². The van der Waals surface area contributed by atoms with Crippen LogP contribution < -0.4 is 16.4 Å². The maximum absolute atomic E-state index is 12.7. The van der Waals surface area contributed by atoms with Gasteiger partial charge in [0, 0.05) is 18.3 Å². The van der Waals surface area contributed by atoms with E-state index < -0.39 is 0 Å². The fourth-order valence-corrected chi connectivity index (χ4v) is 2.28. The molecule has 0 saturated heterocycles. The Bertz CT molecular complexity index is 500. The molecule has 0 fully saturated rings. The second-order valence-electron chi connectivity index (χ2n) is 5.07. The largest absolute Gasteiger partial charge is 0.355 e.